The van der Waals surface area contributed by atoms with Gasteiger partial charge in [0.25, 0.3) is 17.3 Å². The van der Waals surface area contributed by atoms with E-state index < -0.39 is 27.8 Å². The van der Waals surface area contributed by atoms with E-state index in [1.54, 1.807) is 0 Å². The Morgan fingerprint density at radius 3 is 2.51 bits per heavy atom. The lowest BCUT2D eigenvalue weighted by atomic mass is 9.99. The summed E-state index contributed by atoms with van der Waals surface area (Å²) in [7, 11) is 1.33. The lowest BCUT2D eigenvalue weighted by Gasteiger charge is -2.32. The molecular formula is C23H26N4O8. The van der Waals surface area contributed by atoms with Crippen molar-refractivity contribution < 1.29 is 28.9 Å². The molecule has 0 radical (unpaired) electrons. The molecule has 1 saturated heterocycles. The molecule has 2 aromatic carbocycles. The molecule has 2 atom stereocenters. The van der Waals surface area contributed by atoms with Crippen LogP contribution in [0.25, 0.3) is 0 Å². The monoisotopic (exact) mass is 486 g/mol. The van der Waals surface area contributed by atoms with Crippen LogP contribution in [-0.2, 0) is 9.53 Å². The average molecular weight is 486 g/mol. The topological polar surface area (TPSA) is 154 Å². The number of hydrogen-bond donors (Lipinski definition) is 1. The Bertz CT molecular complexity index is 1150. The van der Waals surface area contributed by atoms with Gasteiger partial charge in [-0.05, 0) is 43.9 Å². The van der Waals surface area contributed by atoms with Crippen molar-refractivity contribution in [2.75, 3.05) is 30.4 Å². The van der Waals surface area contributed by atoms with Crippen molar-refractivity contribution in [1.82, 2.24) is 0 Å². The van der Waals surface area contributed by atoms with Crippen LogP contribution in [0, 0.1) is 26.1 Å². The molecule has 2 aromatic rings. The molecule has 0 aliphatic carbocycles. The number of carbonyl (C=O) groups is 2. The minimum Gasteiger partial charge on any atom is -0.495 e. The fraction of sp³-hybridized carbons (Fsp3) is 0.391. The van der Waals surface area contributed by atoms with Crippen LogP contribution >= 0.6 is 0 Å². The second-order valence-electron chi connectivity index (χ2n) is 8.33. The molecule has 1 amide bonds. The number of nitrogens with one attached hydrogen (secondary N) is 1. The standard InChI is InChI=1S/C23H26N4O8/c1-14-5-4-10-25(13-14)19-8-6-16(11-20(19)27(32)33)23(29)35-15(2)22(28)24-18-12-17(26(30)31)7-9-21(18)34-3/h6-9,11-12,14-15H,4-5,10,13H2,1-3H3,(H,24,28). The summed E-state index contributed by atoms with van der Waals surface area (Å²) in [6, 6.07) is 7.76. The molecule has 3 rings (SSSR count). The number of anilines is 2. The highest BCUT2D eigenvalue weighted by Crippen LogP contribution is 2.33. The van der Waals surface area contributed by atoms with Crippen LogP contribution in [0.15, 0.2) is 36.4 Å². The number of esters is 1. The van der Waals surface area contributed by atoms with Crippen LogP contribution in [-0.4, -0.2) is 48.0 Å². The summed E-state index contributed by atoms with van der Waals surface area (Å²) in [5.74, 6) is -1.09. The lowest BCUT2D eigenvalue weighted by Crippen LogP contribution is -2.34. The van der Waals surface area contributed by atoms with Gasteiger partial charge in [-0.25, -0.2) is 4.79 Å². The molecule has 12 nitrogen and oxygen atoms in total. The van der Waals surface area contributed by atoms with E-state index in [9.17, 15) is 29.8 Å². The number of non-ortho nitro benzene ring substituents is 1. The third-order valence-electron chi connectivity index (χ3n) is 5.71. The average Bonchev–Trinajstić information content (AvgIpc) is 2.83. The minimum atomic E-state index is -1.30. The Kier molecular flexibility index (Phi) is 7.84. The highest BCUT2D eigenvalue weighted by atomic mass is 16.6. The maximum Gasteiger partial charge on any atom is 0.339 e. The summed E-state index contributed by atoms with van der Waals surface area (Å²) < 4.78 is 10.3. The van der Waals surface area contributed by atoms with Crippen LogP contribution in [0.3, 0.4) is 0 Å². The van der Waals surface area contributed by atoms with Crippen LogP contribution in [0.1, 0.15) is 37.0 Å². The number of piperidine rings is 1. The fourth-order valence-corrected chi connectivity index (χ4v) is 3.90. The quantitative estimate of drug-likeness (QED) is 0.332. The van der Waals surface area contributed by atoms with Gasteiger partial charge in [0.15, 0.2) is 6.10 Å². The second kappa shape index (κ2) is 10.8. The number of benzene rings is 2. The van der Waals surface area contributed by atoms with E-state index >= 15 is 0 Å². The summed E-state index contributed by atoms with van der Waals surface area (Å²) in [6.07, 6.45) is 0.675. The van der Waals surface area contributed by atoms with Gasteiger partial charge in [0, 0.05) is 31.3 Å². The van der Waals surface area contributed by atoms with Gasteiger partial charge >= 0.3 is 5.97 Å². The van der Waals surface area contributed by atoms with Crippen LogP contribution in [0.2, 0.25) is 0 Å². The molecule has 186 valence electrons. The van der Waals surface area contributed by atoms with Gasteiger partial charge in [-0.2, -0.15) is 0 Å². The number of nitro groups is 2. The van der Waals surface area contributed by atoms with Crippen molar-refractivity contribution in [3.05, 3.63) is 62.2 Å². The summed E-state index contributed by atoms with van der Waals surface area (Å²) in [6.45, 7) is 4.77. The summed E-state index contributed by atoms with van der Waals surface area (Å²) in [5, 5.41) is 25.2. The summed E-state index contributed by atoms with van der Waals surface area (Å²) in [5.41, 5.74) is -0.0849. The summed E-state index contributed by atoms with van der Waals surface area (Å²) in [4.78, 5) is 48.7. The number of methoxy groups -OCH3 is 1. The predicted molar refractivity (Wildman–Crippen MR) is 127 cm³/mol. The van der Waals surface area contributed by atoms with Gasteiger partial charge in [-0.15, -0.1) is 0 Å². The molecule has 1 N–H and O–H groups in total. The molecule has 1 fully saturated rings. The minimum absolute atomic E-state index is 0.0327. The molecule has 12 heteroatoms. The smallest absolute Gasteiger partial charge is 0.339 e. The Morgan fingerprint density at radius 1 is 1.14 bits per heavy atom. The predicted octanol–water partition coefficient (Wildman–Crippen LogP) is 3.93. The first-order valence-corrected chi connectivity index (χ1v) is 11.0. The number of nitrogens with zero attached hydrogens (tertiary/aromatic N) is 3. The Balaban J connectivity index is 1.74. The Labute approximate surface area is 201 Å². The third kappa shape index (κ3) is 6.02. The van der Waals surface area contributed by atoms with Crippen molar-refractivity contribution in [2.24, 2.45) is 5.92 Å². The number of nitro benzene ring substituents is 2. The van der Waals surface area contributed by atoms with E-state index in [1.807, 2.05) is 4.90 Å². The van der Waals surface area contributed by atoms with Gasteiger partial charge in [0.2, 0.25) is 0 Å². The Morgan fingerprint density at radius 2 is 1.89 bits per heavy atom. The van der Waals surface area contributed by atoms with E-state index in [0.29, 0.717) is 24.7 Å². The molecule has 1 heterocycles. The van der Waals surface area contributed by atoms with Gasteiger partial charge in [-0.1, -0.05) is 6.92 Å². The maximum atomic E-state index is 12.6. The first-order chi connectivity index (χ1) is 16.6. The molecule has 0 spiro atoms. The van der Waals surface area contributed by atoms with E-state index in [2.05, 4.69) is 12.2 Å². The highest BCUT2D eigenvalue weighted by Gasteiger charge is 2.27. The van der Waals surface area contributed by atoms with Gasteiger partial charge in [0.05, 0.1) is 28.2 Å². The van der Waals surface area contributed by atoms with Crippen LogP contribution in [0.5, 0.6) is 5.75 Å². The van der Waals surface area contributed by atoms with Gasteiger partial charge in [0.1, 0.15) is 11.4 Å². The van der Waals surface area contributed by atoms with Crippen molar-refractivity contribution >= 4 is 34.6 Å². The van der Waals surface area contributed by atoms with Crippen LogP contribution in [0.4, 0.5) is 22.7 Å². The van der Waals surface area contributed by atoms with Crippen molar-refractivity contribution in [1.29, 1.82) is 0 Å². The number of carbonyl (C=O) groups excluding carboxylic acids is 2. The van der Waals surface area contributed by atoms with Gasteiger partial charge in [-0.3, -0.25) is 25.0 Å². The zero-order valence-corrected chi connectivity index (χ0v) is 19.6. The van der Waals surface area contributed by atoms with E-state index in [0.717, 1.165) is 25.0 Å². The highest BCUT2D eigenvalue weighted by molar-refractivity contribution is 5.98. The molecule has 2 unspecified atom stereocenters. The lowest BCUT2D eigenvalue weighted by molar-refractivity contribution is -0.384. The Hall–Kier alpha value is -4.22. The van der Waals surface area contributed by atoms with Crippen molar-refractivity contribution in [2.45, 2.75) is 32.8 Å². The molecule has 35 heavy (non-hydrogen) atoms. The van der Waals surface area contributed by atoms with Crippen molar-refractivity contribution in [3.8, 4) is 5.75 Å². The molecular weight excluding hydrogens is 460 g/mol. The zero-order valence-electron chi connectivity index (χ0n) is 19.6. The molecule has 0 saturated carbocycles. The second-order valence-corrected chi connectivity index (χ2v) is 8.33. The third-order valence-corrected chi connectivity index (χ3v) is 5.71. The number of ether oxygens (including phenoxy) is 2. The SMILES string of the molecule is COc1ccc([N+](=O)[O-])cc1NC(=O)C(C)OC(=O)c1ccc(N2CCCC(C)C2)c([N+](=O)[O-])c1. The zero-order chi connectivity index (χ0) is 25.7. The molecule has 0 aromatic heterocycles. The molecule has 0 bridgehead atoms. The van der Waals surface area contributed by atoms with E-state index in [4.69, 9.17) is 9.47 Å². The summed E-state index contributed by atoms with van der Waals surface area (Å²) >= 11 is 0. The van der Waals surface area contributed by atoms with Crippen LogP contribution < -0.4 is 15.0 Å². The molecule has 1 aliphatic heterocycles. The number of amides is 1. The normalized spacial score (nSPS) is 16.2. The van der Waals surface area contributed by atoms with Crippen molar-refractivity contribution in [3.63, 3.8) is 0 Å². The fourth-order valence-electron chi connectivity index (χ4n) is 3.90. The maximum absolute atomic E-state index is 12.6. The molecule has 1 aliphatic rings. The number of hydrogen-bond acceptors (Lipinski definition) is 9. The van der Waals surface area contributed by atoms with Gasteiger partial charge < -0.3 is 19.7 Å². The first kappa shape index (κ1) is 25.4. The largest absolute Gasteiger partial charge is 0.495 e. The number of rotatable bonds is 8. The van der Waals surface area contributed by atoms with E-state index in [-0.39, 0.29) is 28.4 Å². The van der Waals surface area contributed by atoms with E-state index in [1.165, 1.54) is 38.3 Å². The first-order valence-electron chi connectivity index (χ1n) is 11.0.